The van der Waals surface area contributed by atoms with Crippen molar-refractivity contribution in [3.8, 4) is 11.4 Å². The summed E-state index contributed by atoms with van der Waals surface area (Å²) < 4.78 is 13.1. The van der Waals surface area contributed by atoms with Gasteiger partial charge in [0.1, 0.15) is 0 Å². The molecule has 6 heteroatoms. The summed E-state index contributed by atoms with van der Waals surface area (Å²) >= 11 is 0. The fourth-order valence-corrected chi connectivity index (χ4v) is 3.41. The van der Waals surface area contributed by atoms with Crippen LogP contribution in [-0.4, -0.2) is 32.6 Å². The number of aryl methyl sites for hydroxylation is 1. The molecule has 3 heterocycles. The summed E-state index contributed by atoms with van der Waals surface area (Å²) in [7, 11) is 1.93. The summed E-state index contributed by atoms with van der Waals surface area (Å²) in [5, 5.41) is 9.54. The third-order valence-electron chi connectivity index (χ3n) is 4.87. The van der Waals surface area contributed by atoms with E-state index in [0.717, 1.165) is 54.6 Å². The number of hydrogen-bond donors (Lipinski definition) is 0. The highest BCUT2D eigenvalue weighted by Crippen LogP contribution is 2.26. The molecule has 3 aromatic rings. The topological polar surface area (TPSA) is 66.0 Å². The minimum absolute atomic E-state index is 0.374. The Balaban J connectivity index is 1.52. The Kier molecular flexibility index (Phi) is 4.06. The number of ether oxygens (including phenoxy) is 1. The minimum Gasteiger partial charge on any atom is -0.378 e. The van der Waals surface area contributed by atoms with E-state index in [1.54, 1.807) is 0 Å². The average Bonchev–Trinajstić information content (AvgIpc) is 3.22. The zero-order valence-electron chi connectivity index (χ0n) is 14.1. The van der Waals surface area contributed by atoms with E-state index >= 15 is 0 Å². The lowest BCUT2D eigenvalue weighted by atomic mass is 9.91. The van der Waals surface area contributed by atoms with Crippen LogP contribution in [0.5, 0.6) is 0 Å². The predicted octanol–water partition coefficient (Wildman–Crippen LogP) is 3.37. The van der Waals surface area contributed by atoms with Gasteiger partial charge in [-0.3, -0.25) is 4.68 Å². The lowest BCUT2D eigenvalue weighted by Gasteiger charge is -2.27. The summed E-state index contributed by atoms with van der Waals surface area (Å²) in [5.74, 6) is 1.93. The Labute approximate surface area is 140 Å². The quantitative estimate of drug-likeness (QED) is 0.735. The largest absolute Gasteiger partial charge is 0.378 e. The molecule has 1 aromatic carbocycles. The highest BCUT2D eigenvalue weighted by molar-refractivity contribution is 5.83. The van der Waals surface area contributed by atoms with E-state index in [1.165, 1.54) is 0 Å². The molecule has 4 rings (SSSR count). The van der Waals surface area contributed by atoms with Gasteiger partial charge in [0.05, 0.1) is 17.8 Å². The summed E-state index contributed by atoms with van der Waals surface area (Å²) in [6.07, 6.45) is 6.27. The second-order valence-electron chi connectivity index (χ2n) is 6.55. The molecule has 0 N–H and O–H groups in total. The first kappa shape index (κ1) is 15.3. The summed E-state index contributed by atoms with van der Waals surface area (Å²) in [5.41, 5.74) is 2.02. The maximum atomic E-state index is 5.74. The van der Waals surface area contributed by atoms with Gasteiger partial charge in [-0.1, -0.05) is 24.2 Å². The monoisotopic (exact) mass is 326 g/mol. The maximum absolute atomic E-state index is 5.74. The number of nitrogens with zero attached hydrogens (tertiary/aromatic N) is 4. The van der Waals surface area contributed by atoms with Gasteiger partial charge in [0.2, 0.25) is 11.7 Å². The van der Waals surface area contributed by atoms with Crippen molar-refractivity contribution in [1.29, 1.82) is 0 Å². The first-order chi connectivity index (χ1) is 11.7. The minimum atomic E-state index is 0.374. The van der Waals surface area contributed by atoms with Gasteiger partial charge in [0.15, 0.2) is 0 Å². The van der Waals surface area contributed by atoms with E-state index in [1.807, 2.05) is 30.1 Å². The van der Waals surface area contributed by atoms with E-state index in [2.05, 4.69) is 28.2 Å². The van der Waals surface area contributed by atoms with Crippen LogP contribution in [-0.2, 0) is 18.2 Å². The molecule has 2 aromatic heterocycles. The van der Waals surface area contributed by atoms with Gasteiger partial charge in [-0.2, -0.15) is 10.1 Å². The lowest BCUT2D eigenvalue weighted by molar-refractivity contribution is -0.0115. The SMILES string of the molecule is CC[C@@H]1C[C@@H](Cc2nc(-c3ccc4cnn(C)c4c3)no2)CCO1. The van der Waals surface area contributed by atoms with Crippen molar-refractivity contribution in [3.05, 3.63) is 30.3 Å². The molecule has 0 saturated carbocycles. The van der Waals surface area contributed by atoms with Gasteiger partial charge in [0, 0.05) is 31.0 Å². The van der Waals surface area contributed by atoms with Gasteiger partial charge in [-0.05, 0) is 31.2 Å². The Bertz CT molecular complexity index is 839. The van der Waals surface area contributed by atoms with Crippen LogP contribution in [0.1, 0.15) is 32.1 Å². The second-order valence-corrected chi connectivity index (χ2v) is 6.55. The molecule has 0 radical (unpaired) electrons. The molecule has 2 atom stereocenters. The van der Waals surface area contributed by atoms with Crippen molar-refractivity contribution in [2.75, 3.05) is 6.61 Å². The van der Waals surface area contributed by atoms with Gasteiger partial charge < -0.3 is 9.26 Å². The van der Waals surface area contributed by atoms with Crippen molar-refractivity contribution < 1.29 is 9.26 Å². The van der Waals surface area contributed by atoms with Crippen molar-refractivity contribution in [2.45, 2.75) is 38.7 Å². The van der Waals surface area contributed by atoms with Crippen LogP contribution in [0.3, 0.4) is 0 Å². The van der Waals surface area contributed by atoms with Gasteiger partial charge in [0.25, 0.3) is 0 Å². The van der Waals surface area contributed by atoms with Gasteiger partial charge >= 0.3 is 0 Å². The summed E-state index contributed by atoms with van der Waals surface area (Å²) in [4.78, 5) is 4.60. The Morgan fingerprint density at radius 2 is 2.25 bits per heavy atom. The average molecular weight is 326 g/mol. The van der Waals surface area contributed by atoms with Crippen LogP contribution in [0, 0.1) is 5.92 Å². The normalized spacial score (nSPS) is 21.4. The smallest absolute Gasteiger partial charge is 0.227 e. The molecule has 126 valence electrons. The third kappa shape index (κ3) is 2.94. The molecule has 24 heavy (non-hydrogen) atoms. The van der Waals surface area contributed by atoms with Gasteiger partial charge in [-0.15, -0.1) is 0 Å². The number of hydrogen-bond acceptors (Lipinski definition) is 5. The van der Waals surface area contributed by atoms with Crippen LogP contribution in [0.2, 0.25) is 0 Å². The zero-order chi connectivity index (χ0) is 16.5. The number of rotatable bonds is 4. The fraction of sp³-hybridized carbons (Fsp3) is 0.500. The third-order valence-corrected chi connectivity index (χ3v) is 4.87. The predicted molar refractivity (Wildman–Crippen MR) is 90.5 cm³/mol. The van der Waals surface area contributed by atoms with Crippen LogP contribution in [0.4, 0.5) is 0 Å². The highest BCUT2D eigenvalue weighted by atomic mass is 16.5. The molecular formula is C18H22N4O2. The molecule has 0 bridgehead atoms. The van der Waals surface area contributed by atoms with E-state index in [0.29, 0.717) is 17.8 Å². The van der Waals surface area contributed by atoms with Crippen LogP contribution in [0.25, 0.3) is 22.3 Å². The summed E-state index contributed by atoms with van der Waals surface area (Å²) in [6.45, 7) is 3.01. The molecule has 1 aliphatic rings. The molecule has 0 spiro atoms. The second kappa shape index (κ2) is 6.36. The van der Waals surface area contributed by atoms with E-state index < -0.39 is 0 Å². The van der Waals surface area contributed by atoms with E-state index in [-0.39, 0.29) is 0 Å². The molecule has 0 aliphatic carbocycles. The van der Waals surface area contributed by atoms with Crippen LogP contribution < -0.4 is 0 Å². The Hall–Kier alpha value is -2.21. The van der Waals surface area contributed by atoms with Gasteiger partial charge in [-0.25, -0.2) is 0 Å². The van der Waals surface area contributed by atoms with Crippen LogP contribution in [0.15, 0.2) is 28.9 Å². The summed E-state index contributed by atoms with van der Waals surface area (Å²) in [6, 6.07) is 6.11. The van der Waals surface area contributed by atoms with Crippen LogP contribution >= 0.6 is 0 Å². The molecule has 0 unspecified atom stereocenters. The van der Waals surface area contributed by atoms with Crippen molar-refractivity contribution in [1.82, 2.24) is 19.9 Å². The lowest BCUT2D eigenvalue weighted by Crippen LogP contribution is -2.26. The van der Waals surface area contributed by atoms with Crippen molar-refractivity contribution in [3.63, 3.8) is 0 Å². The number of aromatic nitrogens is 4. The number of benzene rings is 1. The number of fused-ring (bicyclic) bond motifs is 1. The first-order valence-corrected chi connectivity index (χ1v) is 8.59. The molecule has 6 nitrogen and oxygen atoms in total. The highest BCUT2D eigenvalue weighted by Gasteiger charge is 2.23. The van der Waals surface area contributed by atoms with E-state index in [4.69, 9.17) is 9.26 Å². The van der Waals surface area contributed by atoms with Crippen molar-refractivity contribution in [2.24, 2.45) is 13.0 Å². The molecule has 1 fully saturated rings. The molecular weight excluding hydrogens is 304 g/mol. The zero-order valence-corrected chi connectivity index (χ0v) is 14.1. The Morgan fingerprint density at radius 1 is 1.33 bits per heavy atom. The van der Waals surface area contributed by atoms with Crippen molar-refractivity contribution >= 4 is 10.9 Å². The van der Waals surface area contributed by atoms with E-state index in [9.17, 15) is 0 Å². The molecule has 0 amide bonds. The fourth-order valence-electron chi connectivity index (χ4n) is 3.41. The first-order valence-electron chi connectivity index (χ1n) is 8.59. The standard InChI is InChI=1S/C18H22N4O2/c1-3-15-8-12(6-7-23-15)9-17-20-18(21-24-17)13-4-5-14-11-19-22(2)16(14)10-13/h4-5,10-12,15H,3,6-9H2,1-2H3/t12-,15+/m0/s1. The molecule has 1 aliphatic heterocycles. The Morgan fingerprint density at radius 3 is 3.12 bits per heavy atom. The molecule has 1 saturated heterocycles. The maximum Gasteiger partial charge on any atom is 0.227 e.